The van der Waals surface area contributed by atoms with Gasteiger partial charge in [0.25, 0.3) is 5.91 Å². The van der Waals surface area contributed by atoms with E-state index in [0.717, 1.165) is 4.90 Å². The first kappa shape index (κ1) is 16.3. The molecule has 4 nitrogen and oxygen atoms in total. The van der Waals surface area contributed by atoms with E-state index in [9.17, 15) is 27.2 Å². The molecule has 22 heavy (non-hydrogen) atoms. The maximum Gasteiger partial charge on any atom is 0.416 e. The highest BCUT2D eigenvalue weighted by Gasteiger charge is 2.40. The van der Waals surface area contributed by atoms with Crippen LogP contribution < -0.4 is 0 Å². The van der Waals surface area contributed by atoms with Crippen LogP contribution in [0.25, 0.3) is 0 Å². The van der Waals surface area contributed by atoms with E-state index in [4.69, 9.17) is 5.11 Å². The summed E-state index contributed by atoms with van der Waals surface area (Å²) in [7, 11) is 0. The van der Waals surface area contributed by atoms with Crippen LogP contribution in [0, 0.1) is 5.82 Å². The van der Waals surface area contributed by atoms with Crippen molar-refractivity contribution in [3.05, 3.63) is 35.1 Å². The zero-order valence-corrected chi connectivity index (χ0v) is 11.5. The minimum Gasteiger partial charge on any atom is -0.480 e. The average molecular weight is 319 g/mol. The Morgan fingerprint density at radius 3 is 2.36 bits per heavy atom. The van der Waals surface area contributed by atoms with E-state index in [1.165, 1.54) is 6.92 Å². The van der Waals surface area contributed by atoms with E-state index in [-0.39, 0.29) is 6.04 Å². The number of benzene rings is 1. The van der Waals surface area contributed by atoms with Crippen LogP contribution in [0.3, 0.4) is 0 Å². The summed E-state index contributed by atoms with van der Waals surface area (Å²) >= 11 is 0. The van der Waals surface area contributed by atoms with Crippen molar-refractivity contribution < 1.29 is 32.3 Å². The first-order valence-electron chi connectivity index (χ1n) is 6.55. The highest BCUT2D eigenvalue weighted by molar-refractivity contribution is 5.97. The summed E-state index contributed by atoms with van der Waals surface area (Å²) in [4.78, 5) is 24.3. The Balaban J connectivity index is 2.40. The summed E-state index contributed by atoms with van der Waals surface area (Å²) in [5, 5.41) is 9.01. The number of carboxylic acids is 1. The number of carboxylic acid groups (broad SMARTS) is 1. The van der Waals surface area contributed by atoms with E-state index in [1.807, 2.05) is 0 Å². The van der Waals surface area contributed by atoms with Crippen LogP contribution in [0.15, 0.2) is 18.2 Å². The number of hydrogen-bond acceptors (Lipinski definition) is 2. The van der Waals surface area contributed by atoms with E-state index >= 15 is 0 Å². The van der Waals surface area contributed by atoms with Crippen molar-refractivity contribution in [3.8, 4) is 0 Å². The Kier molecular flexibility index (Phi) is 4.12. The molecule has 1 atom stereocenters. The molecule has 120 valence electrons. The molecule has 0 bridgehead atoms. The molecule has 1 amide bonds. The number of nitrogens with zero attached hydrogens (tertiary/aromatic N) is 1. The summed E-state index contributed by atoms with van der Waals surface area (Å²) in [5.41, 5.74) is -1.93. The molecule has 1 unspecified atom stereocenters. The minimum absolute atomic E-state index is 0.382. The lowest BCUT2D eigenvalue weighted by Crippen LogP contribution is -2.45. The standard InChI is InChI=1S/C14H13F4NO3/c1-7(13(21)22)19(9-3-4-9)12(20)10-6-8(14(16,17)18)2-5-11(10)15/h2,5-7,9H,3-4H2,1H3,(H,21,22). The SMILES string of the molecule is CC(C(=O)O)N(C(=O)c1cc(C(F)(F)F)ccc1F)C1CC1. The number of carbonyl (C=O) groups is 2. The number of alkyl halides is 3. The van der Waals surface area contributed by atoms with Crippen molar-refractivity contribution >= 4 is 11.9 Å². The van der Waals surface area contributed by atoms with E-state index in [1.54, 1.807) is 0 Å². The summed E-state index contributed by atoms with van der Waals surface area (Å²) < 4.78 is 51.8. The summed E-state index contributed by atoms with van der Waals surface area (Å²) in [5.74, 6) is -3.45. The molecule has 1 aromatic carbocycles. The van der Waals surface area contributed by atoms with Gasteiger partial charge >= 0.3 is 12.1 Å². The van der Waals surface area contributed by atoms with Gasteiger partial charge in [-0.05, 0) is 38.0 Å². The Morgan fingerprint density at radius 1 is 1.32 bits per heavy atom. The fraction of sp³-hybridized carbons (Fsp3) is 0.429. The summed E-state index contributed by atoms with van der Waals surface area (Å²) in [6, 6.07) is -0.107. The highest BCUT2D eigenvalue weighted by atomic mass is 19.4. The number of halogens is 4. The lowest BCUT2D eigenvalue weighted by Gasteiger charge is -2.27. The van der Waals surface area contributed by atoms with Gasteiger partial charge in [0.15, 0.2) is 0 Å². The molecule has 1 fully saturated rings. The van der Waals surface area contributed by atoms with Gasteiger partial charge in [-0.1, -0.05) is 0 Å². The number of rotatable bonds is 4. The topological polar surface area (TPSA) is 57.6 Å². The lowest BCUT2D eigenvalue weighted by molar-refractivity contribution is -0.142. The molecular weight excluding hydrogens is 306 g/mol. The molecule has 2 rings (SSSR count). The van der Waals surface area contributed by atoms with Crippen molar-refractivity contribution in [2.45, 2.75) is 38.0 Å². The summed E-state index contributed by atoms with van der Waals surface area (Å²) in [6.07, 6.45) is -3.63. The summed E-state index contributed by atoms with van der Waals surface area (Å²) in [6.45, 7) is 1.24. The lowest BCUT2D eigenvalue weighted by atomic mass is 10.1. The molecule has 0 heterocycles. The van der Waals surface area contributed by atoms with Crippen LogP contribution in [0.1, 0.15) is 35.7 Å². The van der Waals surface area contributed by atoms with Crippen LogP contribution in [0.2, 0.25) is 0 Å². The molecule has 0 spiro atoms. The van der Waals surface area contributed by atoms with Gasteiger partial charge in [-0.2, -0.15) is 13.2 Å². The fourth-order valence-corrected chi connectivity index (χ4v) is 2.13. The number of amides is 1. The zero-order valence-electron chi connectivity index (χ0n) is 11.5. The van der Waals surface area contributed by atoms with E-state index < -0.39 is 41.0 Å². The van der Waals surface area contributed by atoms with Gasteiger partial charge < -0.3 is 10.0 Å². The second-order valence-electron chi connectivity index (χ2n) is 5.15. The molecule has 0 aromatic heterocycles. The van der Waals surface area contributed by atoms with E-state index in [0.29, 0.717) is 31.0 Å². The monoisotopic (exact) mass is 319 g/mol. The van der Waals surface area contributed by atoms with Crippen molar-refractivity contribution in [1.29, 1.82) is 0 Å². The fourth-order valence-electron chi connectivity index (χ4n) is 2.13. The zero-order chi connectivity index (χ0) is 16.7. The third-order valence-electron chi connectivity index (χ3n) is 3.47. The van der Waals surface area contributed by atoms with Gasteiger partial charge in [0.2, 0.25) is 0 Å². The molecular formula is C14H13F4NO3. The second kappa shape index (κ2) is 5.58. The Morgan fingerprint density at radius 2 is 1.91 bits per heavy atom. The first-order chi connectivity index (χ1) is 10.1. The number of hydrogen-bond donors (Lipinski definition) is 1. The van der Waals surface area contributed by atoms with Crippen LogP contribution in [-0.2, 0) is 11.0 Å². The van der Waals surface area contributed by atoms with Crippen LogP contribution in [0.4, 0.5) is 17.6 Å². The number of carbonyl (C=O) groups excluding carboxylic acids is 1. The third kappa shape index (κ3) is 3.20. The molecule has 1 aliphatic carbocycles. The maximum atomic E-state index is 13.8. The van der Waals surface area contributed by atoms with Gasteiger partial charge in [-0.25, -0.2) is 9.18 Å². The van der Waals surface area contributed by atoms with Gasteiger partial charge in [-0.3, -0.25) is 4.79 Å². The average Bonchev–Trinajstić information content (AvgIpc) is 3.22. The predicted molar refractivity (Wildman–Crippen MR) is 67.7 cm³/mol. The van der Waals surface area contributed by atoms with Crippen LogP contribution in [0.5, 0.6) is 0 Å². The molecule has 0 aliphatic heterocycles. The Labute approximate surface area is 123 Å². The molecule has 1 N–H and O–H groups in total. The van der Waals surface area contributed by atoms with Gasteiger partial charge in [0.05, 0.1) is 11.1 Å². The minimum atomic E-state index is -4.72. The third-order valence-corrected chi connectivity index (χ3v) is 3.47. The second-order valence-corrected chi connectivity index (χ2v) is 5.15. The van der Waals surface area contributed by atoms with E-state index in [2.05, 4.69) is 0 Å². The van der Waals surface area contributed by atoms with Crippen LogP contribution in [-0.4, -0.2) is 34.0 Å². The molecule has 0 saturated heterocycles. The van der Waals surface area contributed by atoms with Gasteiger partial charge in [0.1, 0.15) is 11.9 Å². The largest absolute Gasteiger partial charge is 0.480 e. The molecule has 8 heteroatoms. The quantitative estimate of drug-likeness (QED) is 0.868. The normalized spacial score (nSPS) is 16.2. The smallest absolute Gasteiger partial charge is 0.416 e. The molecule has 0 radical (unpaired) electrons. The Hall–Kier alpha value is -2.12. The van der Waals surface area contributed by atoms with Gasteiger partial charge in [-0.15, -0.1) is 0 Å². The van der Waals surface area contributed by atoms with Crippen molar-refractivity contribution in [1.82, 2.24) is 4.90 Å². The molecule has 1 aliphatic rings. The van der Waals surface area contributed by atoms with Crippen LogP contribution >= 0.6 is 0 Å². The van der Waals surface area contributed by atoms with Crippen molar-refractivity contribution in [3.63, 3.8) is 0 Å². The Bertz CT molecular complexity index is 611. The van der Waals surface area contributed by atoms with Crippen molar-refractivity contribution in [2.75, 3.05) is 0 Å². The molecule has 1 saturated carbocycles. The van der Waals surface area contributed by atoms with Gasteiger partial charge in [0, 0.05) is 6.04 Å². The maximum absolute atomic E-state index is 13.8. The number of aliphatic carboxylic acids is 1. The van der Waals surface area contributed by atoms with Crippen molar-refractivity contribution in [2.24, 2.45) is 0 Å². The highest BCUT2D eigenvalue weighted by Crippen LogP contribution is 2.33. The first-order valence-corrected chi connectivity index (χ1v) is 6.55. The predicted octanol–water partition coefficient (Wildman–Crippen LogP) is 2.92. The molecule has 1 aromatic rings.